The number of hydrogen-bond donors (Lipinski definition) is 1. The molecule has 1 amide bonds. The van der Waals surface area contributed by atoms with Gasteiger partial charge in [0.15, 0.2) is 0 Å². The fourth-order valence-electron chi connectivity index (χ4n) is 3.54. The predicted molar refractivity (Wildman–Crippen MR) is 114 cm³/mol. The van der Waals surface area contributed by atoms with Crippen molar-refractivity contribution in [1.29, 1.82) is 0 Å². The average molecular weight is 403 g/mol. The summed E-state index contributed by atoms with van der Waals surface area (Å²) in [5, 5.41) is 5.07. The molecule has 0 aliphatic rings. The van der Waals surface area contributed by atoms with Gasteiger partial charge in [-0.05, 0) is 30.7 Å². The number of methoxy groups -OCH3 is 1. The highest BCUT2D eigenvalue weighted by atomic mass is 16.5. The molecule has 0 saturated heterocycles. The number of furan rings is 1. The van der Waals surface area contributed by atoms with Crippen LogP contribution in [0.4, 0.5) is 0 Å². The minimum atomic E-state index is -0.426. The molecule has 3 aromatic carbocycles. The molecule has 0 bridgehead atoms. The molecule has 1 heterocycles. The first kappa shape index (κ1) is 19.5. The summed E-state index contributed by atoms with van der Waals surface area (Å²) in [7, 11) is 1.61. The lowest BCUT2D eigenvalue weighted by molar-refractivity contribution is -0.131. The Balaban J connectivity index is 1.72. The predicted octanol–water partition coefficient (Wildman–Crippen LogP) is 4.76. The zero-order valence-electron chi connectivity index (χ0n) is 16.9. The number of aryl methyl sites for hydroxylation is 1. The van der Waals surface area contributed by atoms with Crippen molar-refractivity contribution in [3.63, 3.8) is 0 Å². The minimum Gasteiger partial charge on any atom is -0.497 e. The maximum absolute atomic E-state index is 13.0. The van der Waals surface area contributed by atoms with Gasteiger partial charge in [0.25, 0.3) is 5.91 Å². The summed E-state index contributed by atoms with van der Waals surface area (Å²) in [6.45, 7) is 3.46. The molecule has 152 valence electrons. The first-order valence-electron chi connectivity index (χ1n) is 9.52. The van der Waals surface area contributed by atoms with E-state index in [9.17, 15) is 9.59 Å². The van der Waals surface area contributed by atoms with Crippen molar-refractivity contribution in [2.24, 2.45) is 0 Å². The number of nitrogens with one attached hydrogen (secondary N) is 1. The van der Waals surface area contributed by atoms with Crippen LogP contribution in [0.15, 0.2) is 59.0 Å². The van der Waals surface area contributed by atoms with Crippen molar-refractivity contribution in [2.45, 2.75) is 20.4 Å². The van der Waals surface area contributed by atoms with E-state index < -0.39 is 5.97 Å². The van der Waals surface area contributed by atoms with Crippen LogP contribution in [-0.4, -0.2) is 19.0 Å². The zero-order valence-corrected chi connectivity index (χ0v) is 16.9. The number of esters is 1. The largest absolute Gasteiger partial charge is 0.497 e. The SMILES string of the molecule is COc1ccc(CNC(=O)c2c(C)oc3c2cc(OC(C)=O)c2ccccc23)cc1. The Morgan fingerprint density at radius 3 is 2.37 bits per heavy atom. The monoisotopic (exact) mass is 403 g/mol. The second-order valence-corrected chi connectivity index (χ2v) is 6.95. The molecule has 0 saturated carbocycles. The van der Waals surface area contributed by atoms with Gasteiger partial charge in [-0.2, -0.15) is 0 Å². The molecule has 1 aromatic heterocycles. The summed E-state index contributed by atoms with van der Waals surface area (Å²) >= 11 is 0. The lowest BCUT2D eigenvalue weighted by atomic mass is 10.0. The summed E-state index contributed by atoms with van der Waals surface area (Å²) in [6, 6.07) is 16.6. The van der Waals surface area contributed by atoms with Crippen molar-refractivity contribution in [2.75, 3.05) is 7.11 Å². The van der Waals surface area contributed by atoms with E-state index in [-0.39, 0.29) is 5.91 Å². The summed E-state index contributed by atoms with van der Waals surface area (Å²) in [6.07, 6.45) is 0. The summed E-state index contributed by atoms with van der Waals surface area (Å²) in [5.74, 6) is 0.973. The van der Waals surface area contributed by atoms with Gasteiger partial charge in [0, 0.05) is 29.6 Å². The van der Waals surface area contributed by atoms with Crippen LogP contribution >= 0.6 is 0 Å². The van der Waals surface area contributed by atoms with E-state index >= 15 is 0 Å². The molecule has 0 aliphatic heterocycles. The third-order valence-corrected chi connectivity index (χ3v) is 4.93. The average Bonchev–Trinajstić information content (AvgIpc) is 3.08. The fourth-order valence-corrected chi connectivity index (χ4v) is 3.54. The van der Waals surface area contributed by atoms with Gasteiger partial charge in [-0.15, -0.1) is 0 Å². The van der Waals surface area contributed by atoms with Crippen LogP contribution in [0.5, 0.6) is 11.5 Å². The van der Waals surface area contributed by atoms with E-state index in [1.54, 1.807) is 20.1 Å². The van der Waals surface area contributed by atoms with Crippen LogP contribution in [-0.2, 0) is 11.3 Å². The van der Waals surface area contributed by atoms with E-state index in [1.165, 1.54) is 6.92 Å². The van der Waals surface area contributed by atoms with Gasteiger partial charge >= 0.3 is 5.97 Å². The molecule has 30 heavy (non-hydrogen) atoms. The van der Waals surface area contributed by atoms with Gasteiger partial charge in [0.05, 0.1) is 12.7 Å². The molecule has 0 radical (unpaired) electrons. The maximum Gasteiger partial charge on any atom is 0.308 e. The van der Waals surface area contributed by atoms with Gasteiger partial charge in [0.2, 0.25) is 0 Å². The van der Waals surface area contributed by atoms with E-state index in [0.29, 0.717) is 34.6 Å². The Morgan fingerprint density at radius 2 is 1.70 bits per heavy atom. The molecule has 4 rings (SSSR count). The summed E-state index contributed by atoms with van der Waals surface area (Å²) in [4.78, 5) is 24.6. The highest BCUT2D eigenvalue weighted by Crippen LogP contribution is 2.37. The Kier molecular flexibility index (Phi) is 5.14. The molecule has 6 nitrogen and oxygen atoms in total. The lowest BCUT2D eigenvalue weighted by Gasteiger charge is -2.08. The maximum atomic E-state index is 13.0. The van der Waals surface area contributed by atoms with Crippen molar-refractivity contribution < 1.29 is 23.5 Å². The number of amides is 1. The van der Waals surface area contributed by atoms with Gasteiger partial charge in [-0.3, -0.25) is 9.59 Å². The van der Waals surface area contributed by atoms with Crippen molar-refractivity contribution in [1.82, 2.24) is 5.32 Å². The van der Waals surface area contributed by atoms with E-state index in [1.807, 2.05) is 48.5 Å². The highest BCUT2D eigenvalue weighted by molar-refractivity contribution is 6.16. The van der Waals surface area contributed by atoms with Crippen LogP contribution in [0.25, 0.3) is 21.7 Å². The van der Waals surface area contributed by atoms with Crippen LogP contribution in [0, 0.1) is 6.92 Å². The zero-order chi connectivity index (χ0) is 21.3. The Hall–Kier alpha value is -3.80. The Morgan fingerprint density at radius 1 is 1.00 bits per heavy atom. The molecular weight excluding hydrogens is 382 g/mol. The summed E-state index contributed by atoms with van der Waals surface area (Å²) in [5.41, 5.74) is 1.96. The Bertz CT molecular complexity index is 1250. The third-order valence-electron chi connectivity index (χ3n) is 4.93. The number of carbonyl (C=O) groups is 2. The normalized spacial score (nSPS) is 10.9. The quantitative estimate of drug-likeness (QED) is 0.384. The van der Waals surface area contributed by atoms with Crippen molar-refractivity contribution in [3.8, 4) is 11.5 Å². The van der Waals surface area contributed by atoms with Crippen molar-refractivity contribution in [3.05, 3.63) is 71.5 Å². The first-order chi connectivity index (χ1) is 14.5. The van der Waals surface area contributed by atoms with Crippen LogP contribution < -0.4 is 14.8 Å². The van der Waals surface area contributed by atoms with E-state index in [2.05, 4.69) is 5.32 Å². The van der Waals surface area contributed by atoms with Gasteiger partial charge in [-0.1, -0.05) is 36.4 Å². The van der Waals surface area contributed by atoms with E-state index in [4.69, 9.17) is 13.9 Å². The molecular formula is C24H21NO5. The number of hydrogen-bond acceptors (Lipinski definition) is 5. The lowest BCUT2D eigenvalue weighted by Crippen LogP contribution is -2.23. The van der Waals surface area contributed by atoms with Crippen LogP contribution in [0.3, 0.4) is 0 Å². The van der Waals surface area contributed by atoms with Gasteiger partial charge in [-0.25, -0.2) is 0 Å². The first-order valence-corrected chi connectivity index (χ1v) is 9.52. The smallest absolute Gasteiger partial charge is 0.308 e. The topological polar surface area (TPSA) is 77.8 Å². The molecule has 0 unspecified atom stereocenters. The van der Waals surface area contributed by atoms with Gasteiger partial charge < -0.3 is 19.2 Å². The van der Waals surface area contributed by atoms with Crippen molar-refractivity contribution >= 4 is 33.6 Å². The second kappa shape index (κ2) is 7.91. The number of rotatable bonds is 5. The molecule has 0 fully saturated rings. The number of benzene rings is 3. The standard InChI is InChI=1S/C24H21NO5/c1-14-22(24(27)25-13-16-8-10-17(28-3)11-9-16)20-12-21(30-15(2)26)18-6-4-5-7-19(18)23(20)29-14/h4-12H,13H2,1-3H3,(H,25,27). The summed E-state index contributed by atoms with van der Waals surface area (Å²) < 4.78 is 16.5. The molecule has 0 spiro atoms. The highest BCUT2D eigenvalue weighted by Gasteiger charge is 2.22. The minimum absolute atomic E-state index is 0.258. The molecule has 0 aliphatic carbocycles. The molecule has 0 atom stereocenters. The fraction of sp³-hybridized carbons (Fsp3) is 0.167. The number of fused-ring (bicyclic) bond motifs is 3. The third kappa shape index (κ3) is 3.59. The Labute approximate surface area is 173 Å². The van der Waals surface area contributed by atoms with Crippen LogP contribution in [0.2, 0.25) is 0 Å². The van der Waals surface area contributed by atoms with Crippen LogP contribution in [0.1, 0.15) is 28.6 Å². The molecule has 1 N–H and O–H groups in total. The van der Waals surface area contributed by atoms with E-state index in [0.717, 1.165) is 22.1 Å². The molecule has 6 heteroatoms. The second-order valence-electron chi connectivity index (χ2n) is 6.95. The number of ether oxygens (including phenoxy) is 2. The molecule has 4 aromatic rings. The number of carbonyl (C=O) groups excluding carboxylic acids is 2. The van der Waals surface area contributed by atoms with Gasteiger partial charge in [0.1, 0.15) is 22.8 Å².